The quantitative estimate of drug-likeness (QED) is 0.750. The van der Waals surface area contributed by atoms with Crippen molar-refractivity contribution in [1.29, 1.82) is 0 Å². The van der Waals surface area contributed by atoms with E-state index in [9.17, 15) is 9.59 Å². The van der Waals surface area contributed by atoms with Gasteiger partial charge < -0.3 is 14.8 Å². The molecule has 1 amide bonds. The first-order chi connectivity index (χ1) is 13.1. The van der Waals surface area contributed by atoms with Crippen LogP contribution in [0.15, 0.2) is 54.6 Å². The fourth-order valence-corrected chi connectivity index (χ4v) is 3.17. The largest absolute Gasteiger partial charge is 0.445 e. The molecule has 0 aromatic heterocycles. The monoisotopic (exact) mass is 367 g/mol. The fourth-order valence-electron chi connectivity index (χ4n) is 3.17. The molecule has 5 nitrogen and oxygen atoms in total. The first-order valence-electron chi connectivity index (χ1n) is 9.29. The minimum absolute atomic E-state index is 0.0150. The molecule has 0 spiro atoms. The van der Waals surface area contributed by atoms with Crippen LogP contribution >= 0.6 is 0 Å². The van der Waals surface area contributed by atoms with Gasteiger partial charge in [0.2, 0.25) is 0 Å². The molecular formula is C22H25NO4. The van der Waals surface area contributed by atoms with Gasteiger partial charge in [-0.1, -0.05) is 60.2 Å². The van der Waals surface area contributed by atoms with Gasteiger partial charge in [0, 0.05) is 11.6 Å². The van der Waals surface area contributed by atoms with Crippen LogP contribution in [0.1, 0.15) is 40.7 Å². The molecule has 27 heavy (non-hydrogen) atoms. The first kappa shape index (κ1) is 19.1. The van der Waals surface area contributed by atoms with Gasteiger partial charge >= 0.3 is 6.09 Å². The van der Waals surface area contributed by atoms with E-state index in [1.807, 2.05) is 61.5 Å². The maximum absolute atomic E-state index is 12.2. The number of Topliss-reactive ketones (excluding diaryl/α,β-unsaturated/α-hetero) is 1. The maximum atomic E-state index is 12.2. The molecule has 1 aliphatic carbocycles. The van der Waals surface area contributed by atoms with E-state index >= 15 is 0 Å². The lowest BCUT2D eigenvalue weighted by Crippen LogP contribution is -2.34. The van der Waals surface area contributed by atoms with Gasteiger partial charge in [0.1, 0.15) is 13.2 Å². The van der Waals surface area contributed by atoms with Crippen LogP contribution in [0.4, 0.5) is 4.79 Å². The Kier molecular flexibility index (Phi) is 6.60. The Hall–Kier alpha value is -2.66. The maximum Gasteiger partial charge on any atom is 0.407 e. The number of hydrogen-bond acceptors (Lipinski definition) is 4. The van der Waals surface area contributed by atoms with Crippen molar-refractivity contribution < 1.29 is 19.1 Å². The van der Waals surface area contributed by atoms with Gasteiger partial charge in [-0.05, 0) is 31.7 Å². The summed E-state index contributed by atoms with van der Waals surface area (Å²) in [6, 6.07) is 17.1. The lowest BCUT2D eigenvalue weighted by molar-refractivity contribution is 0.0471. The highest BCUT2D eigenvalue weighted by Gasteiger charge is 2.27. The van der Waals surface area contributed by atoms with Crippen LogP contribution in [0.25, 0.3) is 0 Å². The molecule has 2 unspecified atom stereocenters. The average Bonchev–Trinajstić information content (AvgIpc) is 3.13. The third kappa shape index (κ3) is 5.93. The SMILES string of the molecule is Cc1ccc(C(=O)COC2CCC(NC(=O)OCc3ccccc3)C2)cc1. The molecule has 3 rings (SSSR count). The van der Waals surface area contributed by atoms with Gasteiger partial charge in [0.05, 0.1) is 6.10 Å². The highest BCUT2D eigenvalue weighted by atomic mass is 16.5. The number of nitrogens with one attached hydrogen (secondary N) is 1. The van der Waals surface area contributed by atoms with Crippen molar-refractivity contribution in [2.75, 3.05) is 6.61 Å². The summed E-state index contributed by atoms with van der Waals surface area (Å²) in [7, 11) is 0. The fraction of sp³-hybridized carbons (Fsp3) is 0.364. The number of hydrogen-bond donors (Lipinski definition) is 1. The molecule has 0 saturated heterocycles. The summed E-state index contributed by atoms with van der Waals surface area (Å²) in [6.07, 6.45) is 1.91. The van der Waals surface area contributed by atoms with Crippen LogP contribution in [0, 0.1) is 6.92 Å². The molecule has 5 heteroatoms. The standard InChI is InChI=1S/C22H25NO4/c1-16-7-9-18(10-8-16)21(24)15-26-20-12-11-19(13-20)23-22(25)27-14-17-5-3-2-4-6-17/h2-10,19-20H,11-15H2,1H3,(H,23,25). The van der Waals surface area contributed by atoms with Gasteiger partial charge in [0.25, 0.3) is 0 Å². The highest BCUT2D eigenvalue weighted by molar-refractivity contribution is 5.97. The molecule has 0 radical (unpaired) electrons. The molecule has 1 saturated carbocycles. The van der Waals surface area contributed by atoms with Gasteiger partial charge in [-0.3, -0.25) is 4.79 Å². The number of ketones is 1. The van der Waals surface area contributed by atoms with Gasteiger partial charge in [-0.2, -0.15) is 0 Å². The molecule has 1 aliphatic rings. The molecule has 2 atom stereocenters. The molecule has 1 fully saturated rings. The number of amides is 1. The Morgan fingerprint density at radius 1 is 1.04 bits per heavy atom. The summed E-state index contributed by atoms with van der Waals surface area (Å²) in [5.41, 5.74) is 2.74. The van der Waals surface area contributed by atoms with E-state index < -0.39 is 6.09 Å². The summed E-state index contributed by atoms with van der Waals surface area (Å²) < 4.78 is 11.0. The Bertz CT molecular complexity index is 758. The van der Waals surface area contributed by atoms with Crippen molar-refractivity contribution in [3.63, 3.8) is 0 Å². The first-order valence-corrected chi connectivity index (χ1v) is 9.29. The Balaban J connectivity index is 1.36. The second-order valence-electron chi connectivity index (χ2n) is 6.94. The van der Waals surface area contributed by atoms with Crippen molar-refractivity contribution in [2.24, 2.45) is 0 Å². The summed E-state index contributed by atoms with van der Waals surface area (Å²) in [5, 5.41) is 2.88. The van der Waals surface area contributed by atoms with Crippen molar-refractivity contribution in [1.82, 2.24) is 5.32 Å². The van der Waals surface area contributed by atoms with Crippen molar-refractivity contribution in [3.05, 3.63) is 71.3 Å². The average molecular weight is 367 g/mol. The van der Waals surface area contributed by atoms with Crippen LogP contribution in [-0.4, -0.2) is 30.6 Å². The van der Waals surface area contributed by atoms with Crippen LogP contribution in [0.2, 0.25) is 0 Å². The Labute approximate surface area is 159 Å². The third-order valence-electron chi connectivity index (χ3n) is 4.74. The van der Waals surface area contributed by atoms with Crippen molar-refractivity contribution in [3.8, 4) is 0 Å². The zero-order chi connectivity index (χ0) is 19.1. The summed E-state index contributed by atoms with van der Waals surface area (Å²) in [4.78, 5) is 24.1. The summed E-state index contributed by atoms with van der Waals surface area (Å²) in [5.74, 6) is -0.0197. The lowest BCUT2D eigenvalue weighted by atomic mass is 10.1. The lowest BCUT2D eigenvalue weighted by Gasteiger charge is -2.14. The Morgan fingerprint density at radius 3 is 2.52 bits per heavy atom. The molecular weight excluding hydrogens is 342 g/mol. The van der Waals surface area contributed by atoms with Crippen LogP contribution < -0.4 is 5.32 Å². The molecule has 0 aliphatic heterocycles. The minimum atomic E-state index is -0.416. The predicted octanol–water partition coefficient (Wildman–Crippen LogP) is 4.04. The molecule has 0 heterocycles. The van der Waals surface area contributed by atoms with E-state index in [-0.39, 0.29) is 31.1 Å². The minimum Gasteiger partial charge on any atom is -0.445 e. The molecule has 0 bridgehead atoms. The topological polar surface area (TPSA) is 64.6 Å². The van der Waals surface area contributed by atoms with E-state index in [2.05, 4.69) is 5.32 Å². The number of ether oxygens (including phenoxy) is 2. The van der Waals surface area contributed by atoms with Gasteiger partial charge in [-0.25, -0.2) is 4.79 Å². The third-order valence-corrected chi connectivity index (χ3v) is 4.74. The number of aryl methyl sites for hydroxylation is 1. The van der Waals surface area contributed by atoms with E-state index in [0.29, 0.717) is 12.0 Å². The molecule has 2 aromatic rings. The Morgan fingerprint density at radius 2 is 1.78 bits per heavy atom. The van der Waals surface area contributed by atoms with E-state index in [4.69, 9.17) is 9.47 Å². The molecule has 2 aromatic carbocycles. The predicted molar refractivity (Wildman–Crippen MR) is 103 cm³/mol. The van der Waals surface area contributed by atoms with Crippen LogP contribution in [0.5, 0.6) is 0 Å². The number of rotatable bonds is 7. The second-order valence-corrected chi connectivity index (χ2v) is 6.94. The number of carbonyl (C=O) groups is 2. The van der Waals surface area contributed by atoms with Gasteiger partial charge in [0.15, 0.2) is 5.78 Å². The van der Waals surface area contributed by atoms with E-state index in [0.717, 1.165) is 24.0 Å². The normalized spacial score (nSPS) is 18.9. The van der Waals surface area contributed by atoms with Crippen LogP contribution in [0.3, 0.4) is 0 Å². The number of alkyl carbamates (subject to hydrolysis) is 1. The summed E-state index contributed by atoms with van der Waals surface area (Å²) >= 11 is 0. The zero-order valence-corrected chi connectivity index (χ0v) is 15.5. The second kappa shape index (κ2) is 9.33. The highest BCUT2D eigenvalue weighted by Crippen LogP contribution is 2.22. The van der Waals surface area contributed by atoms with E-state index in [1.54, 1.807) is 0 Å². The smallest absolute Gasteiger partial charge is 0.407 e. The van der Waals surface area contributed by atoms with Gasteiger partial charge in [-0.15, -0.1) is 0 Å². The molecule has 142 valence electrons. The number of benzene rings is 2. The van der Waals surface area contributed by atoms with Crippen LogP contribution in [-0.2, 0) is 16.1 Å². The number of carbonyl (C=O) groups excluding carboxylic acids is 2. The van der Waals surface area contributed by atoms with E-state index in [1.165, 1.54) is 0 Å². The zero-order valence-electron chi connectivity index (χ0n) is 15.5. The summed E-state index contributed by atoms with van der Waals surface area (Å²) in [6.45, 7) is 2.31. The van der Waals surface area contributed by atoms with Crippen molar-refractivity contribution in [2.45, 2.75) is 44.9 Å². The van der Waals surface area contributed by atoms with Crippen molar-refractivity contribution >= 4 is 11.9 Å². The molecule has 1 N–H and O–H groups in total.